The fourth-order valence-electron chi connectivity index (χ4n) is 1.23. The van der Waals surface area contributed by atoms with Crippen LogP contribution < -0.4 is 5.32 Å². The molecule has 0 aliphatic carbocycles. The molecule has 0 aromatic carbocycles. The van der Waals surface area contributed by atoms with Crippen LogP contribution in [0.4, 0.5) is 0 Å². The number of nitriles is 1. The summed E-state index contributed by atoms with van der Waals surface area (Å²) in [6.45, 7) is 2.84. The Hall–Kier alpha value is -1.08. The van der Waals surface area contributed by atoms with E-state index in [0.717, 1.165) is 26.1 Å². The molecule has 0 aromatic heterocycles. The second-order valence-electron chi connectivity index (χ2n) is 2.82. The quantitative estimate of drug-likeness (QED) is 0.588. The van der Waals surface area contributed by atoms with E-state index in [-0.39, 0.29) is 5.91 Å². The first kappa shape index (κ1) is 9.01. The van der Waals surface area contributed by atoms with E-state index in [0.29, 0.717) is 13.0 Å². The van der Waals surface area contributed by atoms with Gasteiger partial charge < -0.3 is 10.2 Å². The lowest BCUT2D eigenvalue weighted by Crippen LogP contribution is -2.48. The molecule has 0 spiro atoms. The fourth-order valence-corrected chi connectivity index (χ4v) is 1.23. The maximum absolute atomic E-state index is 11.2. The van der Waals surface area contributed by atoms with Crippen molar-refractivity contribution >= 4 is 5.91 Å². The van der Waals surface area contributed by atoms with Crippen LogP contribution in [-0.4, -0.2) is 37.0 Å². The van der Waals surface area contributed by atoms with E-state index in [9.17, 15) is 4.79 Å². The van der Waals surface area contributed by atoms with Crippen LogP contribution >= 0.6 is 0 Å². The number of rotatable bonds is 3. The number of unbranched alkanes of at least 4 members (excludes halogenated alkanes) is 1. The third-order valence-electron chi connectivity index (χ3n) is 1.90. The van der Waals surface area contributed by atoms with Crippen molar-refractivity contribution in [3.63, 3.8) is 0 Å². The van der Waals surface area contributed by atoms with Crippen LogP contribution in [0.15, 0.2) is 0 Å². The monoisotopic (exact) mass is 167 g/mol. The van der Waals surface area contributed by atoms with E-state index in [1.54, 1.807) is 0 Å². The van der Waals surface area contributed by atoms with Crippen LogP contribution in [0.2, 0.25) is 0 Å². The number of carbonyl (C=O) groups is 1. The van der Waals surface area contributed by atoms with Crippen molar-refractivity contribution in [1.82, 2.24) is 10.2 Å². The highest BCUT2D eigenvalue weighted by atomic mass is 16.2. The Balaban J connectivity index is 2.21. The summed E-state index contributed by atoms with van der Waals surface area (Å²) in [7, 11) is 0. The molecule has 1 N–H and O–H groups in total. The van der Waals surface area contributed by atoms with Gasteiger partial charge in [-0.15, -0.1) is 0 Å². The highest BCUT2D eigenvalue weighted by Gasteiger charge is 2.15. The van der Waals surface area contributed by atoms with Gasteiger partial charge in [-0.1, -0.05) is 0 Å². The van der Waals surface area contributed by atoms with E-state index in [1.807, 2.05) is 4.90 Å². The molecule has 1 fully saturated rings. The third-order valence-corrected chi connectivity index (χ3v) is 1.90. The third kappa shape index (κ3) is 2.51. The number of hydrogen-bond acceptors (Lipinski definition) is 3. The molecule has 66 valence electrons. The lowest BCUT2D eigenvalue weighted by Gasteiger charge is -2.26. The predicted octanol–water partition coefficient (Wildman–Crippen LogP) is -0.278. The van der Waals surface area contributed by atoms with Gasteiger partial charge in [0.25, 0.3) is 0 Å². The van der Waals surface area contributed by atoms with Crippen molar-refractivity contribution in [2.24, 2.45) is 0 Å². The predicted molar refractivity (Wildman–Crippen MR) is 44.3 cm³/mol. The number of nitrogens with one attached hydrogen (secondary N) is 1. The Morgan fingerprint density at radius 3 is 3.17 bits per heavy atom. The van der Waals surface area contributed by atoms with Gasteiger partial charge in [-0.25, -0.2) is 0 Å². The van der Waals surface area contributed by atoms with Gasteiger partial charge >= 0.3 is 0 Å². The average Bonchev–Trinajstić information content (AvgIpc) is 2.09. The minimum Gasteiger partial charge on any atom is -0.340 e. The van der Waals surface area contributed by atoms with Crippen LogP contribution in [-0.2, 0) is 4.79 Å². The zero-order valence-corrected chi connectivity index (χ0v) is 7.05. The normalized spacial score (nSPS) is 17.6. The van der Waals surface area contributed by atoms with Gasteiger partial charge in [-0.3, -0.25) is 4.79 Å². The van der Waals surface area contributed by atoms with Crippen LogP contribution in [0.25, 0.3) is 0 Å². The summed E-state index contributed by atoms with van der Waals surface area (Å²) < 4.78 is 0. The molecule has 1 saturated heterocycles. The summed E-state index contributed by atoms with van der Waals surface area (Å²) in [5.74, 6) is 0.152. The Bertz CT molecular complexity index is 197. The van der Waals surface area contributed by atoms with Gasteiger partial charge in [0.15, 0.2) is 0 Å². The molecule has 1 heterocycles. The van der Waals surface area contributed by atoms with Crippen molar-refractivity contribution in [2.75, 3.05) is 26.2 Å². The number of carbonyl (C=O) groups excluding carboxylic acids is 1. The van der Waals surface area contributed by atoms with Gasteiger partial charge in [0.1, 0.15) is 0 Å². The molecule has 0 radical (unpaired) electrons. The topological polar surface area (TPSA) is 56.1 Å². The van der Waals surface area contributed by atoms with E-state index >= 15 is 0 Å². The minimum atomic E-state index is 0.152. The summed E-state index contributed by atoms with van der Waals surface area (Å²) in [6, 6.07) is 2.07. The highest BCUT2D eigenvalue weighted by molar-refractivity contribution is 5.78. The van der Waals surface area contributed by atoms with Gasteiger partial charge in [-0.05, 0) is 6.42 Å². The number of nitrogens with zero attached hydrogens (tertiary/aromatic N) is 2. The molecule has 1 aliphatic rings. The zero-order chi connectivity index (χ0) is 8.81. The van der Waals surface area contributed by atoms with Gasteiger partial charge in [-0.2, -0.15) is 5.26 Å². The molecule has 4 nitrogen and oxygen atoms in total. The van der Waals surface area contributed by atoms with Crippen molar-refractivity contribution in [2.45, 2.75) is 12.8 Å². The van der Waals surface area contributed by atoms with Crippen molar-refractivity contribution in [3.05, 3.63) is 0 Å². The maximum Gasteiger partial charge on any atom is 0.236 e. The molecule has 1 aliphatic heterocycles. The second-order valence-corrected chi connectivity index (χ2v) is 2.82. The summed E-state index contributed by atoms with van der Waals surface area (Å²) in [5.41, 5.74) is 0. The lowest BCUT2D eigenvalue weighted by molar-refractivity contribution is -0.131. The van der Waals surface area contributed by atoms with Gasteiger partial charge in [0.2, 0.25) is 5.91 Å². The second kappa shape index (κ2) is 4.73. The van der Waals surface area contributed by atoms with Crippen molar-refractivity contribution in [1.29, 1.82) is 5.26 Å². The largest absolute Gasteiger partial charge is 0.340 e. The summed E-state index contributed by atoms with van der Waals surface area (Å²) in [6.07, 6.45) is 1.33. The molecule has 1 amide bonds. The summed E-state index contributed by atoms with van der Waals surface area (Å²) in [5, 5.41) is 11.3. The first-order valence-corrected chi connectivity index (χ1v) is 4.20. The molecule has 0 bridgehead atoms. The number of amides is 1. The molecule has 0 unspecified atom stereocenters. The van der Waals surface area contributed by atoms with Crippen molar-refractivity contribution < 1.29 is 4.79 Å². The zero-order valence-electron chi connectivity index (χ0n) is 7.05. The molecule has 4 heteroatoms. The Morgan fingerprint density at radius 2 is 2.50 bits per heavy atom. The summed E-state index contributed by atoms with van der Waals surface area (Å²) >= 11 is 0. The molecule has 12 heavy (non-hydrogen) atoms. The average molecular weight is 167 g/mol. The molecule has 0 atom stereocenters. The van der Waals surface area contributed by atoms with E-state index in [4.69, 9.17) is 5.26 Å². The molecule has 0 saturated carbocycles. The Kier molecular flexibility index (Phi) is 3.55. The maximum atomic E-state index is 11.2. The molecular weight excluding hydrogens is 154 g/mol. The van der Waals surface area contributed by atoms with Gasteiger partial charge in [0.05, 0.1) is 12.6 Å². The standard InChI is InChI=1S/C8H13N3O/c9-3-1-2-5-11-6-4-10-7-8(11)12/h10H,1-2,4-7H2. The van der Waals surface area contributed by atoms with Crippen LogP contribution in [0, 0.1) is 11.3 Å². The first-order valence-electron chi connectivity index (χ1n) is 4.20. The van der Waals surface area contributed by atoms with E-state index < -0.39 is 0 Å². The lowest BCUT2D eigenvalue weighted by atomic mass is 10.3. The van der Waals surface area contributed by atoms with E-state index in [2.05, 4.69) is 11.4 Å². The van der Waals surface area contributed by atoms with E-state index in [1.165, 1.54) is 0 Å². The molecule has 1 rings (SSSR count). The number of piperazine rings is 1. The van der Waals surface area contributed by atoms with Crippen molar-refractivity contribution in [3.8, 4) is 6.07 Å². The molecule has 0 aromatic rings. The Morgan fingerprint density at radius 1 is 1.67 bits per heavy atom. The summed E-state index contributed by atoms with van der Waals surface area (Å²) in [4.78, 5) is 13.0. The first-order chi connectivity index (χ1) is 5.84. The number of hydrogen-bond donors (Lipinski definition) is 1. The van der Waals surface area contributed by atoms with Gasteiger partial charge in [0, 0.05) is 26.1 Å². The van der Waals surface area contributed by atoms with Crippen LogP contribution in [0.3, 0.4) is 0 Å². The Labute approximate surface area is 72.2 Å². The molecular formula is C8H13N3O. The van der Waals surface area contributed by atoms with Crippen LogP contribution in [0.1, 0.15) is 12.8 Å². The minimum absolute atomic E-state index is 0.152. The fraction of sp³-hybridized carbons (Fsp3) is 0.750. The highest BCUT2D eigenvalue weighted by Crippen LogP contribution is 1.97. The van der Waals surface area contributed by atoms with Crippen LogP contribution in [0.5, 0.6) is 0 Å². The SMILES string of the molecule is N#CCCCN1CCNCC1=O. The smallest absolute Gasteiger partial charge is 0.236 e.